The Morgan fingerprint density at radius 3 is 1.65 bits per heavy atom. The molecular weight excluding hydrogens is 412 g/mol. The summed E-state index contributed by atoms with van der Waals surface area (Å²) in [6.45, 7) is 6.96. The van der Waals surface area contributed by atoms with Crippen LogP contribution in [0.25, 0.3) is 11.4 Å². The first-order valence-electron chi connectivity index (χ1n) is 14.6. The van der Waals surface area contributed by atoms with Gasteiger partial charge in [0.1, 0.15) is 0 Å². The fourth-order valence-electron chi connectivity index (χ4n) is 4.65. The third-order valence-electron chi connectivity index (χ3n) is 7.35. The molecule has 1 heterocycles. The second-order valence-electron chi connectivity index (χ2n) is 10.5. The predicted octanol–water partition coefficient (Wildman–Crippen LogP) is 10.1. The standard InChI is InChI=1S/C32H52N2/c1-4-6-7-8-9-10-11-14-18-21-30-26-33-32(34-27-30)31-24-22-29(23-25-31)20-17-15-12-13-16-19-28(3)5-2/h22-28H,4-21H2,1-3H3. The van der Waals surface area contributed by atoms with E-state index in [2.05, 4.69) is 55.0 Å². The monoisotopic (exact) mass is 464 g/mol. The average molecular weight is 465 g/mol. The van der Waals surface area contributed by atoms with Crippen LogP contribution < -0.4 is 0 Å². The van der Waals surface area contributed by atoms with Gasteiger partial charge in [-0.3, -0.25) is 0 Å². The van der Waals surface area contributed by atoms with Gasteiger partial charge in [-0.1, -0.05) is 135 Å². The fourth-order valence-corrected chi connectivity index (χ4v) is 4.65. The molecule has 2 heteroatoms. The molecular formula is C32H52N2. The van der Waals surface area contributed by atoms with Crippen LogP contribution in [0.3, 0.4) is 0 Å². The van der Waals surface area contributed by atoms with Crippen molar-refractivity contribution in [2.75, 3.05) is 0 Å². The van der Waals surface area contributed by atoms with Gasteiger partial charge in [-0.2, -0.15) is 0 Å². The van der Waals surface area contributed by atoms with E-state index in [1.54, 1.807) is 0 Å². The van der Waals surface area contributed by atoms with E-state index in [0.29, 0.717) is 0 Å². The lowest BCUT2D eigenvalue weighted by Crippen LogP contribution is -1.94. The van der Waals surface area contributed by atoms with Crippen LogP contribution in [-0.4, -0.2) is 9.97 Å². The molecule has 2 aromatic rings. The van der Waals surface area contributed by atoms with Crippen LogP contribution in [0.15, 0.2) is 36.7 Å². The topological polar surface area (TPSA) is 25.8 Å². The molecule has 0 amide bonds. The summed E-state index contributed by atoms with van der Waals surface area (Å²) in [6.07, 6.45) is 28.3. The van der Waals surface area contributed by atoms with Crippen molar-refractivity contribution in [3.05, 3.63) is 47.8 Å². The quantitative estimate of drug-likeness (QED) is 0.182. The number of hydrogen-bond acceptors (Lipinski definition) is 2. The lowest BCUT2D eigenvalue weighted by atomic mass is 9.99. The van der Waals surface area contributed by atoms with Crippen molar-refractivity contribution in [3.8, 4) is 11.4 Å². The molecule has 2 rings (SSSR count). The molecule has 0 bridgehead atoms. The third kappa shape index (κ3) is 12.7. The molecule has 1 atom stereocenters. The Labute approximate surface area is 211 Å². The highest BCUT2D eigenvalue weighted by molar-refractivity contribution is 5.55. The number of aromatic nitrogens is 2. The van der Waals surface area contributed by atoms with Gasteiger partial charge in [-0.25, -0.2) is 9.97 Å². The summed E-state index contributed by atoms with van der Waals surface area (Å²) in [4.78, 5) is 9.29. The van der Waals surface area contributed by atoms with Gasteiger partial charge in [0.15, 0.2) is 5.82 Å². The van der Waals surface area contributed by atoms with Gasteiger partial charge in [-0.05, 0) is 42.7 Å². The molecule has 190 valence electrons. The summed E-state index contributed by atoms with van der Waals surface area (Å²) in [6, 6.07) is 8.91. The summed E-state index contributed by atoms with van der Waals surface area (Å²) < 4.78 is 0. The van der Waals surface area contributed by atoms with Crippen LogP contribution in [-0.2, 0) is 12.8 Å². The molecule has 0 saturated heterocycles. The molecule has 0 aliphatic carbocycles. The van der Waals surface area contributed by atoms with Crippen molar-refractivity contribution in [3.63, 3.8) is 0 Å². The van der Waals surface area contributed by atoms with E-state index >= 15 is 0 Å². The third-order valence-corrected chi connectivity index (χ3v) is 7.35. The largest absolute Gasteiger partial charge is 0.236 e. The van der Waals surface area contributed by atoms with Crippen LogP contribution in [0, 0.1) is 5.92 Å². The minimum absolute atomic E-state index is 0.851. The Bertz CT molecular complexity index is 720. The smallest absolute Gasteiger partial charge is 0.159 e. The van der Waals surface area contributed by atoms with Gasteiger partial charge in [0.05, 0.1) is 0 Å². The first-order valence-corrected chi connectivity index (χ1v) is 14.6. The van der Waals surface area contributed by atoms with Crippen molar-refractivity contribution in [2.24, 2.45) is 5.92 Å². The van der Waals surface area contributed by atoms with Crippen LogP contribution in [0.2, 0.25) is 0 Å². The second-order valence-corrected chi connectivity index (χ2v) is 10.5. The molecule has 34 heavy (non-hydrogen) atoms. The maximum Gasteiger partial charge on any atom is 0.159 e. The number of rotatable bonds is 20. The van der Waals surface area contributed by atoms with E-state index in [1.165, 1.54) is 120 Å². The lowest BCUT2D eigenvalue weighted by Gasteiger charge is -2.07. The second kappa shape index (κ2) is 18.6. The summed E-state index contributed by atoms with van der Waals surface area (Å²) in [5, 5.41) is 0. The van der Waals surface area contributed by atoms with E-state index in [4.69, 9.17) is 0 Å². The maximum atomic E-state index is 4.65. The Morgan fingerprint density at radius 2 is 1.09 bits per heavy atom. The summed E-state index contributed by atoms with van der Waals surface area (Å²) in [5.74, 6) is 1.75. The Hall–Kier alpha value is -1.70. The van der Waals surface area contributed by atoms with E-state index in [-0.39, 0.29) is 0 Å². The van der Waals surface area contributed by atoms with E-state index in [1.807, 2.05) is 12.4 Å². The zero-order chi connectivity index (χ0) is 24.3. The average Bonchev–Trinajstić information content (AvgIpc) is 2.87. The highest BCUT2D eigenvalue weighted by Crippen LogP contribution is 2.19. The van der Waals surface area contributed by atoms with Crippen LogP contribution in [0.5, 0.6) is 0 Å². The minimum Gasteiger partial charge on any atom is -0.236 e. The van der Waals surface area contributed by atoms with Crippen LogP contribution in [0.4, 0.5) is 0 Å². The maximum absolute atomic E-state index is 4.65. The molecule has 2 nitrogen and oxygen atoms in total. The van der Waals surface area contributed by atoms with E-state index < -0.39 is 0 Å². The highest BCUT2D eigenvalue weighted by atomic mass is 14.9. The summed E-state index contributed by atoms with van der Waals surface area (Å²) in [7, 11) is 0. The molecule has 0 N–H and O–H groups in total. The van der Waals surface area contributed by atoms with E-state index in [0.717, 1.165) is 23.7 Å². The Balaban J connectivity index is 1.58. The first-order chi connectivity index (χ1) is 16.7. The Kier molecular flexibility index (Phi) is 15.6. The zero-order valence-corrected chi connectivity index (χ0v) is 22.7. The molecule has 1 unspecified atom stereocenters. The normalized spacial score (nSPS) is 12.2. The minimum atomic E-state index is 0.851. The van der Waals surface area contributed by atoms with Gasteiger partial charge < -0.3 is 0 Å². The van der Waals surface area contributed by atoms with Crippen molar-refractivity contribution in [1.29, 1.82) is 0 Å². The molecule has 0 aliphatic rings. The fraction of sp³-hybridized carbons (Fsp3) is 0.688. The summed E-state index contributed by atoms with van der Waals surface area (Å²) >= 11 is 0. The number of aryl methyl sites for hydroxylation is 2. The zero-order valence-electron chi connectivity index (χ0n) is 22.7. The van der Waals surface area contributed by atoms with Gasteiger partial charge in [0.25, 0.3) is 0 Å². The van der Waals surface area contributed by atoms with Crippen molar-refractivity contribution >= 4 is 0 Å². The lowest BCUT2D eigenvalue weighted by molar-refractivity contribution is 0.472. The van der Waals surface area contributed by atoms with Gasteiger partial charge in [0.2, 0.25) is 0 Å². The molecule has 0 spiro atoms. The first kappa shape index (κ1) is 28.5. The number of hydrogen-bond donors (Lipinski definition) is 0. The van der Waals surface area contributed by atoms with Crippen LogP contribution >= 0.6 is 0 Å². The number of unbranched alkanes of at least 4 members (excludes halogenated alkanes) is 12. The molecule has 0 saturated carbocycles. The summed E-state index contributed by atoms with van der Waals surface area (Å²) in [5.41, 5.74) is 3.83. The van der Waals surface area contributed by atoms with Gasteiger partial charge >= 0.3 is 0 Å². The number of nitrogens with zero attached hydrogens (tertiary/aromatic N) is 2. The SMILES string of the molecule is CCCCCCCCCCCc1cnc(-c2ccc(CCCCCCCC(C)CC)cc2)nc1. The highest BCUT2D eigenvalue weighted by Gasteiger charge is 2.03. The Morgan fingerprint density at radius 1 is 0.588 bits per heavy atom. The van der Waals surface area contributed by atoms with Crippen molar-refractivity contribution in [1.82, 2.24) is 9.97 Å². The molecule has 1 aromatic carbocycles. The molecule has 1 aromatic heterocycles. The molecule has 0 fully saturated rings. The van der Waals surface area contributed by atoms with Gasteiger partial charge in [0, 0.05) is 18.0 Å². The van der Waals surface area contributed by atoms with E-state index in [9.17, 15) is 0 Å². The molecule has 0 radical (unpaired) electrons. The number of benzene rings is 1. The van der Waals surface area contributed by atoms with Crippen LogP contribution in [0.1, 0.15) is 135 Å². The molecule has 0 aliphatic heterocycles. The predicted molar refractivity (Wildman–Crippen MR) is 149 cm³/mol. The van der Waals surface area contributed by atoms with Crippen molar-refractivity contribution < 1.29 is 0 Å². The van der Waals surface area contributed by atoms with Crippen molar-refractivity contribution in [2.45, 2.75) is 136 Å². The van der Waals surface area contributed by atoms with Gasteiger partial charge in [-0.15, -0.1) is 0 Å².